The van der Waals surface area contributed by atoms with Gasteiger partial charge in [-0.1, -0.05) is 13.0 Å². The molecule has 1 aliphatic rings. The molecule has 6 nitrogen and oxygen atoms in total. The largest absolute Gasteiger partial charge is 0.487 e. The number of hydrogen-bond donors (Lipinski definition) is 1. The van der Waals surface area contributed by atoms with Gasteiger partial charge in [0, 0.05) is 19.6 Å². The van der Waals surface area contributed by atoms with Crippen LogP contribution < -0.4 is 15.0 Å². The molecule has 1 aliphatic heterocycles. The minimum atomic E-state index is -0.338. The van der Waals surface area contributed by atoms with Crippen molar-refractivity contribution in [1.29, 1.82) is 0 Å². The van der Waals surface area contributed by atoms with Gasteiger partial charge in [-0.2, -0.15) is 0 Å². The predicted octanol–water partition coefficient (Wildman–Crippen LogP) is 2.18. The first-order chi connectivity index (χ1) is 9.69. The Morgan fingerprint density at radius 3 is 2.70 bits per heavy atom. The van der Waals surface area contributed by atoms with Crippen molar-refractivity contribution in [3.05, 3.63) is 28.3 Å². The Balaban J connectivity index is 2.37. The zero-order valence-corrected chi connectivity index (χ0v) is 12.0. The highest BCUT2D eigenvalue weighted by molar-refractivity contribution is 5.70. The summed E-state index contributed by atoms with van der Waals surface area (Å²) >= 11 is 0. The minimum Gasteiger partial charge on any atom is -0.487 e. The Morgan fingerprint density at radius 2 is 2.20 bits per heavy atom. The molecular weight excluding hydrogens is 258 g/mol. The zero-order valence-electron chi connectivity index (χ0n) is 12.0. The van der Waals surface area contributed by atoms with Gasteiger partial charge in [-0.05, 0) is 25.5 Å². The number of likely N-dealkylation sites (N-methyl/N-ethyl adjacent to an activating group) is 1. The first-order valence-electron chi connectivity index (χ1n) is 7.06. The third-order valence-corrected chi connectivity index (χ3v) is 3.47. The van der Waals surface area contributed by atoms with Crippen LogP contribution in [0.5, 0.6) is 5.75 Å². The first kappa shape index (κ1) is 14.6. The number of nitrogens with one attached hydrogen (secondary N) is 1. The smallest absolute Gasteiger partial charge is 0.333 e. The lowest BCUT2D eigenvalue weighted by Gasteiger charge is -2.38. The number of ether oxygens (including phenoxy) is 1. The molecule has 0 spiro atoms. The van der Waals surface area contributed by atoms with Crippen molar-refractivity contribution in [2.45, 2.75) is 26.3 Å². The third kappa shape index (κ3) is 2.85. The normalized spacial score (nSPS) is 14.7. The Labute approximate surface area is 118 Å². The fourth-order valence-electron chi connectivity index (χ4n) is 2.37. The van der Waals surface area contributed by atoms with E-state index in [4.69, 9.17) is 4.74 Å². The van der Waals surface area contributed by atoms with Crippen LogP contribution in [0.1, 0.15) is 20.3 Å². The molecule has 0 amide bonds. The standard InChI is InChI=1S/C14H21N3O3/c1-3-8-20-13-7-5-6-12(14(13)17(18)19)16(4-2)11-9-15-10-11/h5-7,11,15H,3-4,8-10H2,1-2H3. The van der Waals surface area contributed by atoms with E-state index in [1.807, 2.05) is 19.9 Å². The summed E-state index contributed by atoms with van der Waals surface area (Å²) in [6.07, 6.45) is 0.825. The average molecular weight is 279 g/mol. The second-order valence-corrected chi connectivity index (χ2v) is 4.83. The molecule has 0 aromatic heterocycles. The molecule has 20 heavy (non-hydrogen) atoms. The number of nitrogens with zero attached hydrogens (tertiary/aromatic N) is 2. The molecule has 1 aromatic rings. The molecule has 2 rings (SSSR count). The lowest BCUT2D eigenvalue weighted by Crippen LogP contribution is -2.57. The van der Waals surface area contributed by atoms with Crippen molar-refractivity contribution >= 4 is 11.4 Å². The van der Waals surface area contributed by atoms with E-state index in [0.717, 1.165) is 26.1 Å². The van der Waals surface area contributed by atoms with E-state index in [0.29, 0.717) is 24.1 Å². The van der Waals surface area contributed by atoms with E-state index in [-0.39, 0.29) is 10.6 Å². The lowest BCUT2D eigenvalue weighted by atomic mass is 10.1. The second-order valence-electron chi connectivity index (χ2n) is 4.83. The molecule has 0 saturated carbocycles. The monoisotopic (exact) mass is 279 g/mol. The van der Waals surface area contributed by atoms with Crippen LogP contribution >= 0.6 is 0 Å². The number of para-hydroxylation sites is 1. The molecular formula is C14H21N3O3. The molecule has 6 heteroatoms. The predicted molar refractivity (Wildman–Crippen MR) is 78.6 cm³/mol. The molecule has 1 saturated heterocycles. The molecule has 0 unspecified atom stereocenters. The summed E-state index contributed by atoms with van der Waals surface area (Å²) in [5.74, 6) is 0.361. The number of anilines is 1. The summed E-state index contributed by atoms with van der Waals surface area (Å²) in [5.41, 5.74) is 0.729. The van der Waals surface area contributed by atoms with Gasteiger partial charge in [-0.25, -0.2) is 0 Å². The first-order valence-corrected chi connectivity index (χ1v) is 7.06. The summed E-state index contributed by atoms with van der Waals surface area (Å²) < 4.78 is 5.53. The molecule has 1 fully saturated rings. The lowest BCUT2D eigenvalue weighted by molar-refractivity contribution is -0.385. The summed E-state index contributed by atoms with van der Waals surface area (Å²) in [6, 6.07) is 5.62. The highest BCUT2D eigenvalue weighted by atomic mass is 16.6. The maximum atomic E-state index is 11.4. The number of nitro groups is 1. The van der Waals surface area contributed by atoms with Crippen LogP contribution in [0.3, 0.4) is 0 Å². The van der Waals surface area contributed by atoms with E-state index in [1.54, 1.807) is 12.1 Å². The molecule has 1 heterocycles. The fourth-order valence-corrected chi connectivity index (χ4v) is 2.37. The van der Waals surface area contributed by atoms with Crippen molar-refractivity contribution < 1.29 is 9.66 Å². The fraction of sp³-hybridized carbons (Fsp3) is 0.571. The van der Waals surface area contributed by atoms with Crippen molar-refractivity contribution in [2.24, 2.45) is 0 Å². The molecule has 1 N–H and O–H groups in total. The number of rotatable bonds is 7. The Morgan fingerprint density at radius 1 is 1.45 bits per heavy atom. The highest BCUT2D eigenvalue weighted by Gasteiger charge is 2.30. The van der Waals surface area contributed by atoms with Crippen LogP contribution in [-0.2, 0) is 0 Å². The van der Waals surface area contributed by atoms with Gasteiger partial charge in [0.1, 0.15) is 5.69 Å². The van der Waals surface area contributed by atoms with E-state index in [1.165, 1.54) is 0 Å². The van der Waals surface area contributed by atoms with Gasteiger partial charge in [-0.3, -0.25) is 10.1 Å². The molecule has 110 valence electrons. The Hall–Kier alpha value is -1.82. The van der Waals surface area contributed by atoms with Gasteiger partial charge < -0.3 is 15.0 Å². The van der Waals surface area contributed by atoms with Crippen molar-refractivity contribution in [3.63, 3.8) is 0 Å². The zero-order chi connectivity index (χ0) is 14.5. The van der Waals surface area contributed by atoms with Gasteiger partial charge >= 0.3 is 5.69 Å². The summed E-state index contributed by atoms with van der Waals surface area (Å²) in [4.78, 5) is 13.2. The number of benzene rings is 1. The van der Waals surface area contributed by atoms with E-state index in [9.17, 15) is 10.1 Å². The molecule has 0 radical (unpaired) electrons. The van der Waals surface area contributed by atoms with Gasteiger partial charge in [0.15, 0.2) is 5.75 Å². The highest BCUT2D eigenvalue weighted by Crippen LogP contribution is 2.38. The molecule has 0 aliphatic carbocycles. The third-order valence-electron chi connectivity index (χ3n) is 3.47. The number of nitro benzene ring substituents is 1. The average Bonchev–Trinajstić information content (AvgIpc) is 2.39. The van der Waals surface area contributed by atoms with E-state index < -0.39 is 0 Å². The Bertz CT molecular complexity index is 475. The van der Waals surface area contributed by atoms with Crippen LogP contribution in [-0.4, -0.2) is 37.2 Å². The van der Waals surface area contributed by atoms with Gasteiger partial charge in [-0.15, -0.1) is 0 Å². The summed E-state index contributed by atoms with van der Waals surface area (Å²) in [6.45, 7) is 6.96. The number of hydrogen-bond acceptors (Lipinski definition) is 5. The quantitative estimate of drug-likeness (QED) is 0.612. The summed E-state index contributed by atoms with van der Waals surface area (Å²) in [7, 11) is 0. The van der Waals surface area contributed by atoms with Crippen LogP contribution in [0.25, 0.3) is 0 Å². The van der Waals surface area contributed by atoms with E-state index >= 15 is 0 Å². The van der Waals surface area contributed by atoms with E-state index in [2.05, 4.69) is 10.2 Å². The van der Waals surface area contributed by atoms with Crippen molar-refractivity contribution in [3.8, 4) is 5.75 Å². The summed E-state index contributed by atoms with van der Waals surface area (Å²) in [5, 5.41) is 14.6. The van der Waals surface area contributed by atoms with Gasteiger partial charge in [0.2, 0.25) is 0 Å². The van der Waals surface area contributed by atoms with Gasteiger partial charge in [0.05, 0.1) is 17.6 Å². The van der Waals surface area contributed by atoms with Crippen molar-refractivity contribution in [1.82, 2.24) is 5.32 Å². The maximum Gasteiger partial charge on any atom is 0.333 e. The van der Waals surface area contributed by atoms with Crippen molar-refractivity contribution in [2.75, 3.05) is 31.1 Å². The van der Waals surface area contributed by atoms with Gasteiger partial charge in [0.25, 0.3) is 0 Å². The maximum absolute atomic E-state index is 11.4. The topological polar surface area (TPSA) is 67.6 Å². The van der Waals surface area contributed by atoms with Crippen LogP contribution in [0.4, 0.5) is 11.4 Å². The molecule has 1 aromatic carbocycles. The van der Waals surface area contributed by atoms with Crippen LogP contribution in [0.15, 0.2) is 18.2 Å². The molecule has 0 atom stereocenters. The second kappa shape index (κ2) is 6.56. The SMILES string of the molecule is CCCOc1cccc(N(CC)C2CNC2)c1[N+](=O)[O-]. The Kier molecular flexibility index (Phi) is 4.79. The van der Waals surface area contributed by atoms with Crippen LogP contribution in [0, 0.1) is 10.1 Å². The van der Waals surface area contributed by atoms with Crippen LogP contribution in [0.2, 0.25) is 0 Å². The minimum absolute atomic E-state index is 0.0784. The molecule has 0 bridgehead atoms.